The molecule has 9 nitrogen and oxygen atoms in total. The zero-order chi connectivity index (χ0) is 20.3. The molecular weight excluding hydrogens is 364 g/mol. The number of piperidine rings is 1. The van der Waals surface area contributed by atoms with E-state index in [1.807, 2.05) is 4.90 Å². The number of hydrogen-bond donors (Lipinski definition) is 2. The van der Waals surface area contributed by atoms with Crippen molar-refractivity contribution in [3.63, 3.8) is 0 Å². The van der Waals surface area contributed by atoms with Crippen LogP contribution in [0.4, 0.5) is 11.4 Å². The lowest BCUT2D eigenvalue weighted by molar-refractivity contribution is -0.384. The van der Waals surface area contributed by atoms with E-state index in [9.17, 15) is 19.7 Å². The Morgan fingerprint density at radius 1 is 1.04 bits per heavy atom. The van der Waals surface area contributed by atoms with Crippen LogP contribution in [0.25, 0.3) is 0 Å². The summed E-state index contributed by atoms with van der Waals surface area (Å²) in [4.78, 5) is 37.6. The zero-order valence-electron chi connectivity index (χ0n) is 15.8. The van der Waals surface area contributed by atoms with E-state index in [0.29, 0.717) is 22.8 Å². The molecule has 2 amide bonds. The van der Waals surface area contributed by atoms with Crippen LogP contribution in [-0.2, 0) is 0 Å². The highest BCUT2D eigenvalue weighted by atomic mass is 16.6. The first kappa shape index (κ1) is 19.4. The fraction of sp³-hybridized carbons (Fsp3) is 0.368. The SMILES string of the molecule is Cc1cc(C(=O)NNC(=O)c2cc([N+](=O)[O-])ccc2N2CCCCC2)c(C)o1. The number of benzene rings is 1. The summed E-state index contributed by atoms with van der Waals surface area (Å²) >= 11 is 0. The first-order valence-corrected chi connectivity index (χ1v) is 9.08. The van der Waals surface area contributed by atoms with E-state index in [2.05, 4.69) is 10.9 Å². The van der Waals surface area contributed by atoms with Crippen molar-refractivity contribution < 1.29 is 18.9 Å². The van der Waals surface area contributed by atoms with Crippen LogP contribution in [-0.4, -0.2) is 29.8 Å². The van der Waals surface area contributed by atoms with E-state index in [-0.39, 0.29) is 11.3 Å². The van der Waals surface area contributed by atoms with Crippen molar-refractivity contribution in [2.45, 2.75) is 33.1 Å². The summed E-state index contributed by atoms with van der Waals surface area (Å²) in [6.45, 7) is 4.92. The van der Waals surface area contributed by atoms with Gasteiger partial charge in [0.2, 0.25) is 0 Å². The number of hydrazine groups is 1. The molecule has 0 atom stereocenters. The van der Waals surface area contributed by atoms with Crippen LogP contribution in [0, 0.1) is 24.0 Å². The maximum absolute atomic E-state index is 12.7. The Balaban J connectivity index is 1.80. The molecule has 0 radical (unpaired) electrons. The molecule has 28 heavy (non-hydrogen) atoms. The van der Waals surface area contributed by atoms with Crippen molar-refractivity contribution in [1.82, 2.24) is 10.9 Å². The fourth-order valence-corrected chi connectivity index (χ4v) is 3.33. The number of nitro benzene ring substituents is 1. The lowest BCUT2D eigenvalue weighted by Gasteiger charge is -2.30. The molecule has 2 heterocycles. The molecule has 1 aromatic heterocycles. The fourth-order valence-electron chi connectivity index (χ4n) is 3.33. The number of rotatable bonds is 4. The van der Waals surface area contributed by atoms with Crippen molar-refractivity contribution in [2.24, 2.45) is 0 Å². The van der Waals surface area contributed by atoms with Crippen molar-refractivity contribution in [1.29, 1.82) is 0 Å². The van der Waals surface area contributed by atoms with Crippen molar-refractivity contribution >= 4 is 23.2 Å². The van der Waals surface area contributed by atoms with E-state index >= 15 is 0 Å². The largest absolute Gasteiger partial charge is 0.466 e. The average Bonchev–Trinajstić information content (AvgIpc) is 3.04. The van der Waals surface area contributed by atoms with E-state index < -0.39 is 16.7 Å². The summed E-state index contributed by atoms with van der Waals surface area (Å²) in [6, 6.07) is 5.78. The van der Waals surface area contributed by atoms with Crippen molar-refractivity contribution in [3.05, 3.63) is 57.0 Å². The Morgan fingerprint density at radius 2 is 1.68 bits per heavy atom. The normalized spacial score (nSPS) is 13.9. The zero-order valence-corrected chi connectivity index (χ0v) is 15.8. The number of nitro groups is 1. The van der Waals surface area contributed by atoms with Gasteiger partial charge in [0.15, 0.2) is 0 Å². The second-order valence-electron chi connectivity index (χ2n) is 6.74. The molecule has 2 aromatic rings. The topological polar surface area (TPSA) is 118 Å². The third-order valence-electron chi connectivity index (χ3n) is 4.71. The van der Waals surface area contributed by atoms with Crippen molar-refractivity contribution in [3.8, 4) is 0 Å². The van der Waals surface area contributed by atoms with E-state index in [4.69, 9.17) is 4.42 Å². The van der Waals surface area contributed by atoms with Gasteiger partial charge in [0, 0.05) is 25.2 Å². The minimum atomic E-state index is -0.615. The second-order valence-corrected chi connectivity index (χ2v) is 6.74. The van der Waals surface area contributed by atoms with Crippen molar-refractivity contribution in [2.75, 3.05) is 18.0 Å². The lowest BCUT2D eigenvalue weighted by Crippen LogP contribution is -2.42. The van der Waals surface area contributed by atoms with E-state index in [0.717, 1.165) is 32.4 Å². The van der Waals surface area contributed by atoms with Gasteiger partial charge in [-0.1, -0.05) is 0 Å². The predicted octanol–water partition coefficient (Wildman–Crippen LogP) is 2.87. The van der Waals surface area contributed by atoms with Gasteiger partial charge < -0.3 is 9.32 Å². The summed E-state index contributed by atoms with van der Waals surface area (Å²) in [7, 11) is 0. The number of furan rings is 1. The van der Waals surface area contributed by atoms with Gasteiger partial charge in [-0.3, -0.25) is 30.6 Å². The van der Waals surface area contributed by atoms with Gasteiger partial charge in [0.1, 0.15) is 11.5 Å². The number of nitrogens with one attached hydrogen (secondary N) is 2. The Morgan fingerprint density at radius 3 is 2.25 bits per heavy atom. The number of anilines is 1. The average molecular weight is 386 g/mol. The molecule has 148 valence electrons. The molecule has 1 aliphatic rings. The summed E-state index contributed by atoms with van der Waals surface area (Å²) in [5, 5.41) is 11.1. The maximum atomic E-state index is 12.7. The molecule has 1 aliphatic heterocycles. The van der Waals surface area contributed by atoms with Crippen LogP contribution < -0.4 is 15.8 Å². The Kier molecular flexibility index (Phi) is 5.62. The van der Waals surface area contributed by atoms with Crippen LogP contribution in [0.3, 0.4) is 0 Å². The summed E-state index contributed by atoms with van der Waals surface area (Å²) in [5.41, 5.74) is 5.59. The number of carbonyl (C=O) groups excluding carboxylic acids is 2. The molecule has 1 aromatic carbocycles. The first-order chi connectivity index (χ1) is 13.4. The molecule has 0 unspecified atom stereocenters. The van der Waals surface area contributed by atoms with Gasteiger partial charge in [-0.25, -0.2) is 0 Å². The standard InChI is InChI=1S/C19H22N4O5/c1-12-10-15(13(2)28-12)18(24)20-21-19(25)16-11-14(23(26)27)6-7-17(16)22-8-4-3-5-9-22/h6-7,10-11H,3-5,8-9H2,1-2H3,(H,20,24)(H,21,25). The third-order valence-corrected chi connectivity index (χ3v) is 4.71. The molecule has 0 bridgehead atoms. The maximum Gasteiger partial charge on any atom is 0.273 e. The van der Waals surface area contributed by atoms with Crippen LogP contribution in [0.1, 0.15) is 51.5 Å². The molecule has 0 aliphatic carbocycles. The monoisotopic (exact) mass is 386 g/mol. The number of amides is 2. The Labute approximate surface area is 161 Å². The van der Waals surface area contributed by atoms with Gasteiger partial charge in [0.25, 0.3) is 17.5 Å². The highest BCUT2D eigenvalue weighted by Gasteiger charge is 2.23. The van der Waals surface area contributed by atoms with Crippen LogP contribution in [0.5, 0.6) is 0 Å². The molecule has 3 rings (SSSR count). The lowest BCUT2D eigenvalue weighted by atomic mass is 10.1. The van der Waals surface area contributed by atoms with Gasteiger partial charge in [-0.2, -0.15) is 0 Å². The minimum Gasteiger partial charge on any atom is -0.466 e. The molecule has 2 N–H and O–H groups in total. The quantitative estimate of drug-likeness (QED) is 0.616. The first-order valence-electron chi connectivity index (χ1n) is 9.08. The molecular formula is C19H22N4O5. The highest BCUT2D eigenvalue weighted by Crippen LogP contribution is 2.28. The molecule has 1 fully saturated rings. The molecule has 9 heteroatoms. The molecule has 0 saturated carbocycles. The number of hydrogen-bond acceptors (Lipinski definition) is 6. The number of carbonyl (C=O) groups is 2. The van der Waals surface area contributed by atoms with Crippen LogP contribution >= 0.6 is 0 Å². The Bertz CT molecular complexity index is 915. The van der Waals surface area contributed by atoms with Gasteiger partial charge in [-0.05, 0) is 45.2 Å². The highest BCUT2D eigenvalue weighted by molar-refractivity contribution is 6.03. The Hall–Kier alpha value is -3.36. The minimum absolute atomic E-state index is 0.150. The van der Waals surface area contributed by atoms with Gasteiger partial charge in [-0.15, -0.1) is 0 Å². The van der Waals surface area contributed by atoms with E-state index in [1.165, 1.54) is 12.1 Å². The van der Waals surface area contributed by atoms with Gasteiger partial charge in [0.05, 0.1) is 21.7 Å². The second kappa shape index (κ2) is 8.12. The van der Waals surface area contributed by atoms with Crippen LogP contribution in [0.2, 0.25) is 0 Å². The molecule has 0 spiro atoms. The van der Waals surface area contributed by atoms with Crippen LogP contribution in [0.15, 0.2) is 28.7 Å². The van der Waals surface area contributed by atoms with Gasteiger partial charge >= 0.3 is 0 Å². The predicted molar refractivity (Wildman–Crippen MR) is 102 cm³/mol. The summed E-state index contributed by atoms with van der Waals surface area (Å²) < 4.78 is 5.31. The summed E-state index contributed by atoms with van der Waals surface area (Å²) in [5.74, 6) is -0.114. The third kappa shape index (κ3) is 4.13. The number of aryl methyl sites for hydroxylation is 2. The summed E-state index contributed by atoms with van der Waals surface area (Å²) in [6.07, 6.45) is 3.10. The van der Waals surface area contributed by atoms with E-state index in [1.54, 1.807) is 26.0 Å². The smallest absolute Gasteiger partial charge is 0.273 e. The number of nitrogens with zero attached hydrogens (tertiary/aromatic N) is 2. The number of non-ortho nitro benzene ring substituents is 1. The molecule has 1 saturated heterocycles.